The smallest absolute Gasteiger partial charge is 0.227 e. The number of halogens is 1. The highest BCUT2D eigenvalue weighted by Crippen LogP contribution is 2.35. The fourth-order valence-electron chi connectivity index (χ4n) is 2.58. The van der Waals surface area contributed by atoms with Crippen LogP contribution < -0.4 is 5.73 Å². The van der Waals surface area contributed by atoms with Gasteiger partial charge in [0.25, 0.3) is 0 Å². The number of piperidine rings is 1. The van der Waals surface area contributed by atoms with E-state index in [1.807, 2.05) is 6.26 Å². The monoisotopic (exact) mass is 326 g/mol. The zero-order chi connectivity index (χ0) is 15.5. The second-order valence-electron chi connectivity index (χ2n) is 5.21. The van der Waals surface area contributed by atoms with Gasteiger partial charge < -0.3 is 10.6 Å². The van der Waals surface area contributed by atoms with Gasteiger partial charge in [0.05, 0.1) is 16.2 Å². The molecule has 0 aromatic heterocycles. The molecule has 1 aliphatic heterocycles. The molecule has 1 aromatic rings. The first kappa shape index (κ1) is 16.2. The van der Waals surface area contributed by atoms with E-state index < -0.39 is 0 Å². The summed E-state index contributed by atoms with van der Waals surface area (Å²) in [6.07, 6.45) is 3.61. The third kappa shape index (κ3) is 3.55. The largest absolute Gasteiger partial charge is 0.392 e. The van der Waals surface area contributed by atoms with Crippen LogP contribution in [0.3, 0.4) is 0 Å². The highest BCUT2D eigenvalue weighted by atomic mass is 32.2. The van der Waals surface area contributed by atoms with Gasteiger partial charge in [-0.25, -0.2) is 4.39 Å². The topological polar surface area (TPSA) is 46.3 Å². The van der Waals surface area contributed by atoms with Gasteiger partial charge in [-0.05, 0) is 30.7 Å². The predicted octanol–water partition coefficient (Wildman–Crippen LogP) is 2.38. The molecule has 114 valence electrons. The van der Waals surface area contributed by atoms with E-state index in [1.54, 1.807) is 34.9 Å². The van der Waals surface area contributed by atoms with Gasteiger partial charge in [-0.1, -0.05) is 30.4 Å². The van der Waals surface area contributed by atoms with E-state index in [-0.39, 0.29) is 22.9 Å². The van der Waals surface area contributed by atoms with E-state index >= 15 is 0 Å². The molecular formula is C15H19FN2OS2. The van der Waals surface area contributed by atoms with Crippen molar-refractivity contribution in [2.24, 2.45) is 5.73 Å². The van der Waals surface area contributed by atoms with Crippen molar-refractivity contribution in [3.63, 3.8) is 0 Å². The second kappa shape index (κ2) is 6.75. The third-order valence-corrected chi connectivity index (χ3v) is 5.99. The van der Waals surface area contributed by atoms with Gasteiger partial charge in [-0.15, -0.1) is 0 Å². The van der Waals surface area contributed by atoms with E-state index in [1.165, 1.54) is 6.07 Å². The molecule has 0 radical (unpaired) electrons. The van der Waals surface area contributed by atoms with Gasteiger partial charge in [0.15, 0.2) is 0 Å². The molecule has 0 bridgehead atoms. The van der Waals surface area contributed by atoms with Crippen molar-refractivity contribution in [2.45, 2.75) is 24.0 Å². The minimum absolute atomic E-state index is 0.0438. The molecule has 6 heteroatoms. The molecule has 2 N–H and O–H groups in total. The number of hydrogen-bond acceptors (Lipinski definition) is 3. The molecule has 0 atom stereocenters. The minimum Gasteiger partial charge on any atom is -0.392 e. The number of nitrogens with zero attached hydrogens (tertiary/aromatic N) is 1. The van der Waals surface area contributed by atoms with E-state index in [9.17, 15) is 9.18 Å². The molecule has 0 aliphatic carbocycles. The quantitative estimate of drug-likeness (QED) is 0.863. The summed E-state index contributed by atoms with van der Waals surface area (Å²) in [5.74, 6) is -0.373. The zero-order valence-electron chi connectivity index (χ0n) is 12.0. The molecule has 21 heavy (non-hydrogen) atoms. The van der Waals surface area contributed by atoms with Crippen molar-refractivity contribution in [3.8, 4) is 0 Å². The van der Waals surface area contributed by atoms with Crippen molar-refractivity contribution in [3.05, 3.63) is 35.6 Å². The van der Waals surface area contributed by atoms with E-state index in [0.29, 0.717) is 23.6 Å². The number of thiocarbonyl (C=S) groups is 1. The Kier molecular flexibility index (Phi) is 5.22. The Bertz CT molecular complexity index is 542. The first-order chi connectivity index (χ1) is 9.98. The highest BCUT2D eigenvalue weighted by Gasteiger charge is 2.37. The second-order valence-corrected chi connectivity index (χ2v) is 6.84. The SMILES string of the molecule is CSC1(C(N)=S)CCN(C(=O)Cc2ccccc2F)CC1. The van der Waals surface area contributed by atoms with E-state index in [0.717, 1.165) is 12.8 Å². The summed E-state index contributed by atoms with van der Waals surface area (Å²) >= 11 is 6.81. The van der Waals surface area contributed by atoms with Gasteiger partial charge in [0, 0.05) is 13.1 Å². The van der Waals surface area contributed by atoms with Gasteiger partial charge in [-0.3, -0.25) is 4.79 Å². The Morgan fingerprint density at radius 1 is 1.43 bits per heavy atom. The van der Waals surface area contributed by atoms with Crippen molar-refractivity contribution in [2.75, 3.05) is 19.3 Å². The number of likely N-dealkylation sites (tertiary alicyclic amines) is 1. The Morgan fingerprint density at radius 2 is 2.05 bits per heavy atom. The summed E-state index contributed by atoms with van der Waals surface area (Å²) in [7, 11) is 0. The van der Waals surface area contributed by atoms with Crippen LogP contribution in [0.15, 0.2) is 24.3 Å². The maximum absolute atomic E-state index is 13.6. The van der Waals surface area contributed by atoms with Gasteiger partial charge in [0.1, 0.15) is 5.82 Å². The molecular weight excluding hydrogens is 307 g/mol. The van der Waals surface area contributed by atoms with Crippen molar-refractivity contribution in [1.82, 2.24) is 4.90 Å². The number of hydrogen-bond donors (Lipinski definition) is 1. The fourth-order valence-corrected chi connectivity index (χ4v) is 3.83. The van der Waals surface area contributed by atoms with Crippen LogP contribution in [0.2, 0.25) is 0 Å². The average molecular weight is 326 g/mol. The first-order valence-corrected chi connectivity index (χ1v) is 8.48. The molecule has 2 rings (SSSR count). The lowest BCUT2D eigenvalue weighted by Crippen LogP contribution is -2.51. The average Bonchev–Trinajstić information content (AvgIpc) is 2.49. The lowest BCUT2D eigenvalue weighted by Gasteiger charge is -2.40. The summed E-state index contributed by atoms with van der Waals surface area (Å²) < 4.78 is 13.4. The first-order valence-electron chi connectivity index (χ1n) is 6.85. The van der Waals surface area contributed by atoms with Crippen LogP contribution in [0, 0.1) is 5.82 Å². The van der Waals surface area contributed by atoms with Crippen LogP contribution in [-0.2, 0) is 11.2 Å². The zero-order valence-corrected chi connectivity index (χ0v) is 13.6. The normalized spacial score (nSPS) is 17.5. The number of carbonyl (C=O) groups excluding carboxylic acids is 1. The number of carbonyl (C=O) groups is 1. The summed E-state index contributed by atoms with van der Waals surface area (Å²) in [5.41, 5.74) is 6.28. The molecule has 3 nitrogen and oxygen atoms in total. The van der Waals surface area contributed by atoms with Crippen LogP contribution >= 0.6 is 24.0 Å². The van der Waals surface area contributed by atoms with E-state index in [2.05, 4.69) is 0 Å². The molecule has 1 amide bonds. The molecule has 1 fully saturated rings. The summed E-state index contributed by atoms with van der Waals surface area (Å²) in [5, 5.41) is 0. The van der Waals surface area contributed by atoms with E-state index in [4.69, 9.17) is 18.0 Å². The molecule has 0 spiro atoms. The van der Waals surface area contributed by atoms with Crippen molar-refractivity contribution < 1.29 is 9.18 Å². The van der Waals surface area contributed by atoms with Gasteiger partial charge in [-0.2, -0.15) is 11.8 Å². The van der Waals surface area contributed by atoms with Crippen LogP contribution in [0.5, 0.6) is 0 Å². The lowest BCUT2D eigenvalue weighted by molar-refractivity contribution is -0.131. The van der Waals surface area contributed by atoms with Crippen LogP contribution in [0.25, 0.3) is 0 Å². The molecule has 1 aliphatic rings. The Balaban J connectivity index is 1.98. The van der Waals surface area contributed by atoms with Gasteiger partial charge >= 0.3 is 0 Å². The van der Waals surface area contributed by atoms with Crippen molar-refractivity contribution in [1.29, 1.82) is 0 Å². The van der Waals surface area contributed by atoms with Gasteiger partial charge in [0.2, 0.25) is 5.91 Å². The van der Waals surface area contributed by atoms with Crippen LogP contribution in [0.1, 0.15) is 18.4 Å². The predicted molar refractivity (Wildman–Crippen MR) is 88.9 cm³/mol. The van der Waals surface area contributed by atoms with Crippen LogP contribution in [-0.4, -0.2) is 39.9 Å². The number of benzene rings is 1. The fraction of sp³-hybridized carbons (Fsp3) is 0.467. The molecule has 1 aromatic carbocycles. The minimum atomic E-state index is -0.329. The lowest BCUT2D eigenvalue weighted by atomic mass is 9.95. The standard InChI is InChI=1S/C15H19FN2OS2/c1-21-15(14(17)20)6-8-18(9-7-15)13(19)10-11-4-2-3-5-12(11)16/h2-5H,6-10H2,1H3,(H2,17,20). The molecule has 0 saturated carbocycles. The van der Waals surface area contributed by atoms with Crippen molar-refractivity contribution >= 4 is 34.9 Å². The van der Waals surface area contributed by atoms with Crippen LogP contribution in [0.4, 0.5) is 4.39 Å². The number of thioether (sulfide) groups is 1. The number of rotatable bonds is 4. The number of nitrogens with two attached hydrogens (primary N) is 1. The molecule has 0 unspecified atom stereocenters. The highest BCUT2D eigenvalue weighted by molar-refractivity contribution is 8.02. The molecule has 1 saturated heterocycles. The third-order valence-electron chi connectivity index (χ3n) is 4.06. The maximum Gasteiger partial charge on any atom is 0.227 e. The summed E-state index contributed by atoms with van der Waals surface area (Å²) in [6, 6.07) is 6.40. The number of amides is 1. The summed E-state index contributed by atoms with van der Waals surface area (Å²) in [6.45, 7) is 1.23. The molecule has 1 heterocycles. The summed E-state index contributed by atoms with van der Waals surface area (Å²) in [4.78, 5) is 14.6. The Hall–Kier alpha value is -1.14. The maximum atomic E-state index is 13.6. The Morgan fingerprint density at radius 3 is 2.57 bits per heavy atom. The Labute approximate surface area is 134 Å².